The Labute approximate surface area is 125 Å². The number of benzene rings is 2. The zero-order chi connectivity index (χ0) is 13.9. The molecule has 0 aliphatic heterocycles. The van der Waals surface area contributed by atoms with Crippen LogP contribution in [0.25, 0.3) is 11.1 Å². The van der Waals surface area contributed by atoms with Crippen molar-refractivity contribution >= 4 is 11.6 Å². The molecule has 0 atom stereocenters. The van der Waals surface area contributed by atoms with E-state index in [2.05, 4.69) is 12.1 Å². The molecule has 1 N–H and O–H groups in total. The summed E-state index contributed by atoms with van der Waals surface area (Å²) in [7, 11) is 0. The molecule has 2 aromatic carbocycles. The molecule has 2 aromatic rings. The van der Waals surface area contributed by atoms with E-state index in [0.29, 0.717) is 11.7 Å². The van der Waals surface area contributed by atoms with E-state index in [1.54, 1.807) is 6.07 Å². The van der Waals surface area contributed by atoms with Crippen LogP contribution in [0.4, 0.5) is 0 Å². The molecule has 3 rings (SSSR count). The molecule has 0 radical (unpaired) electrons. The number of aromatic hydroxyl groups is 1. The summed E-state index contributed by atoms with van der Waals surface area (Å²) >= 11 is 6.11. The Kier molecular flexibility index (Phi) is 3.98. The van der Waals surface area contributed by atoms with E-state index >= 15 is 0 Å². The Morgan fingerprint density at radius 2 is 1.75 bits per heavy atom. The lowest BCUT2D eigenvalue weighted by Gasteiger charge is -2.24. The molecule has 1 aliphatic carbocycles. The summed E-state index contributed by atoms with van der Waals surface area (Å²) in [5.41, 5.74) is 3.57. The summed E-state index contributed by atoms with van der Waals surface area (Å²) in [4.78, 5) is 0. The average molecular weight is 287 g/mol. The number of phenolic OH excluding ortho intramolecular Hbond substituents is 1. The Morgan fingerprint density at radius 3 is 2.50 bits per heavy atom. The van der Waals surface area contributed by atoms with Crippen molar-refractivity contribution in [1.29, 1.82) is 0 Å². The van der Waals surface area contributed by atoms with Gasteiger partial charge in [0.25, 0.3) is 0 Å². The quantitative estimate of drug-likeness (QED) is 0.744. The first kappa shape index (κ1) is 13.5. The van der Waals surface area contributed by atoms with E-state index < -0.39 is 0 Å². The fourth-order valence-electron chi connectivity index (χ4n) is 3.22. The highest BCUT2D eigenvalue weighted by Crippen LogP contribution is 2.39. The minimum Gasteiger partial charge on any atom is -0.508 e. The normalized spacial score (nSPS) is 16.2. The number of hydrogen-bond donors (Lipinski definition) is 1. The summed E-state index contributed by atoms with van der Waals surface area (Å²) in [6, 6.07) is 13.6. The average Bonchev–Trinajstić information content (AvgIpc) is 2.48. The summed E-state index contributed by atoms with van der Waals surface area (Å²) < 4.78 is 0. The number of hydrogen-bond acceptors (Lipinski definition) is 1. The third kappa shape index (κ3) is 2.83. The van der Waals surface area contributed by atoms with Gasteiger partial charge in [0, 0.05) is 5.02 Å². The maximum atomic E-state index is 9.83. The molecule has 0 saturated heterocycles. The monoisotopic (exact) mass is 286 g/mol. The van der Waals surface area contributed by atoms with Gasteiger partial charge >= 0.3 is 0 Å². The molecule has 20 heavy (non-hydrogen) atoms. The molecule has 0 aromatic heterocycles. The third-order valence-electron chi connectivity index (χ3n) is 4.22. The van der Waals surface area contributed by atoms with Crippen molar-refractivity contribution in [2.24, 2.45) is 0 Å². The standard InChI is InChI=1S/C18H19ClO/c19-15-8-4-7-14(11-15)18-12-16(20)9-10-17(18)13-5-2-1-3-6-13/h4,7-13,20H,1-3,5-6H2. The molecular weight excluding hydrogens is 268 g/mol. The van der Waals surface area contributed by atoms with Gasteiger partial charge in [-0.15, -0.1) is 0 Å². The van der Waals surface area contributed by atoms with E-state index in [4.69, 9.17) is 11.6 Å². The van der Waals surface area contributed by atoms with Gasteiger partial charge < -0.3 is 5.11 Å². The van der Waals surface area contributed by atoms with Gasteiger partial charge in [-0.05, 0) is 59.7 Å². The molecule has 0 unspecified atom stereocenters. The second-order valence-corrected chi connectivity index (χ2v) is 6.05. The molecule has 1 aliphatic rings. The predicted molar refractivity (Wildman–Crippen MR) is 84.4 cm³/mol. The predicted octanol–water partition coefficient (Wildman–Crippen LogP) is 5.76. The largest absolute Gasteiger partial charge is 0.508 e. The molecule has 2 heteroatoms. The Hall–Kier alpha value is -1.47. The summed E-state index contributed by atoms with van der Waals surface area (Å²) in [5.74, 6) is 0.929. The zero-order valence-corrected chi connectivity index (χ0v) is 12.2. The van der Waals surface area contributed by atoms with Crippen molar-refractivity contribution in [3.05, 3.63) is 53.1 Å². The minimum atomic E-state index is 0.319. The van der Waals surface area contributed by atoms with Crippen LogP contribution in [0.3, 0.4) is 0 Å². The molecule has 0 heterocycles. The van der Waals surface area contributed by atoms with E-state index in [1.165, 1.54) is 37.7 Å². The second-order valence-electron chi connectivity index (χ2n) is 5.62. The first-order valence-corrected chi connectivity index (χ1v) is 7.71. The highest BCUT2D eigenvalue weighted by molar-refractivity contribution is 6.30. The SMILES string of the molecule is Oc1ccc(C2CCCCC2)c(-c2cccc(Cl)c2)c1. The van der Waals surface area contributed by atoms with Crippen molar-refractivity contribution in [2.45, 2.75) is 38.0 Å². The molecule has 0 spiro atoms. The van der Waals surface area contributed by atoms with Crippen LogP contribution in [0.2, 0.25) is 5.02 Å². The van der Waals surface area contributed by atoms with Gasteiger partial charge in [0.15, 0.2) is 0 Å². The number of halogens is 1. The van der Waals surface area contributed by atoms with Crippen molar-refractivity contribution in [3.8, 4) is 16.9 Å². The lowest BCUT2D eigenvalue weighted by atomic mass is 9.81. The maximum Gasteiger partial charge on any atom is 0.116 e. The van der Waals surface area contributed by atoms with Gasteiger partial charge in [0.2, 0.25) is 0 Å². The topological polar surface area (TPSA) is 20.2 Å². The Morgan fingerprint density at radius 1 is 0.950 bits per heavy atom. The summed E-state index contributed by atoms with van der Waals surface area (Å²) in [6.45, 7) is 0. The van der Waals surface area contributed by atoms with Crippen molar-refractivity contribution in [3.63, 3.8) is 0 Å². The summed E-state index contributed by atoms with van der Waals surface area (Å²) in [6.07, 6.45) is 6.46. The Balaban J connectivity index is 2.06. The van der Waals surface area contributed by atoms with Gasteiger partial charge in [0.05, 0.1) is 0 Å². The minimum absolute atomic E-state index is 0.319. The van der Waals surface area contributed by atoms with E-state index in [0.717, 1.165) is 16.1 Å². The van der Waals surface area contributed by atoms with Gasteiger partial charge in [-0.1, -0.05) is 49.1 Å². The van der Waals surface area contributed by atoms with Gasteiger partial charge in [-0.3, -0.25) is 0 Å². The van der Waals surface area contributed by atoms with Crippen molar-refractivity contribution in [1.82, 2.24) is 0 Å². The fourth-order valence-corrected chi connectivity index (χ4v) is 3.41. The lowest BCUT2D eigenvalue weighted by Crippen LogP contribution is -2.05. The number of rotatable bonds is 2. The van der Waals surface area contributed by atoms with Gasteiger partial charge in [-0.2, -0.15) is 0 Å². The third-order valence-corrected chi connectivity index (χ3v) is 4.45. The highest BCUT2D eigenvalue weighted by atomic mass is 35.5. The fraction of sp³-hybridized carbons (Fsp3) is 0.333. The first-order chi connectivity index (χ1) is 9.74. The molecule has 1 fully saturated rings. The van der Waals surface area contributed by atoms with Crippen LogP contribution >= 0.6 is 11.6 Å². The molecular formula is C18H19ClO. The van der Waals surface area contributed by atoms with E-state index in [-0.39, 0.29) is 0 Å². The van der Waals surface area contributed by atoms with Gasteiger partial charge in [0.1, 0.15) is 5.75 Å². The molecule has 104 valence electrons. The van der Waals surface area contributed by atoms with Crippen LogP contribution in [-0.2, 0) is 0 Å². The van der Waals surface area contributed by atoms with Crippen molar-refractivity contribution < 1.29 is 5.11 Å². The Bertz CT molecular complexity index is 600. The zero-order valence-electron chi connectivity index (χ0n) is 11.5. The van der Waals surface area contributed by atoms with Crippen LogP contribution in [-0.4, -0.2) is 5.11 Å². The second kappa shape index (κ2) is 5.88. The van der Waals surface area contributed by atoms with Crippen LogP contribution in [0.15, 0.2) is 42.5 Å². The highest BCUT2D eigenvalue weighted by Gasteiger charge is 2.19. The molecule has 1 saturated carbocycles. The molecule has 0 bridgehead atoms. The first-order valence-electron chi connectivity index (χ1n) is 7.33. The van der Waals surface area contributed by atoms with Crippen molar-refractivity contribution in [2.75, 3.05) is 0 Å². The smallest absolute Gasteiger partial charge is 0.116 e. The van der Waals surface area contributed by atoms with E-state index in [9.17, 15) is 5.11 Å². The van der Waals surface area contributed by atoms with E-state index in [1.807, 2.05) is 24.3 Å². The van der Waals surface area contributed by atoms with Crippen LogP contribution < -0.4 is 0 Å². The number of phenols is 1. The lowest BCUT2D eigenvalue weighted by molar-refractivity contribution is 0.442. The summed E-state index contributed by atoms with van der Waals surface area (Å²) in [5, 5.41) is 10.6. The maximum absolute atomic E-state index is 9.83. The van der Waals surface area contributed by atoms with Gasteiger partial charge in [-0.25, -0.2) is 0 Å². The van der Waals surface area contributed by atoms with Crippen LogP contribution in [0.5, 0.6) is 5.75 Å². The van der Waals surface area contributed by atoms with Crippen LogP contribution in [0.1, 0.15) is 43.6 Å². The van der Waals surface area contributed by atoms with Crippen LogP contribution in [0, 0.1) is 0 Å². The molecule has 1 nitrogen and oxygen atoms in total. The molecule has 0 amide bonds.